The van der Waals surface area contributed by atoms with E-state index in [0.717, 1.165) is 16.5 Å². The summed E-state index contributed by atoms with van der Waals surface area (Å²) in [6.45, 7) is 3.85. The molecule has 0 aromatic heterocycles. The summed E-state index contributed by atoms with van der Waals surface area (Å²) < 4.78 is 0.817. The largest absolute Gasteiger partial charge is 0.326 e. The van der Waals surface area contributed by atoms with Crippen LogP contribution in [0.4, 0.5) is 5.69 Å². The molecule has 2 aromatic rings. The second-order valence-electron chi connectivity index (χ2n) is 5.75. The molecule has 0 atom stereocenters. The number of aryl methyl sites for hydroxylation is 1. The van der Waals surface area contributed by atoms with E-state index in [1.54, 1.807) is 36.4 Å². The van der Waals surface area contributed by atoms with E-state index in [0.29, 0.717) is 23.2 Å². The molecule has 0 saturated carbocycles. The number of hydrogen-bond donors (Lipinski definition) is 3. The zero-order chi connectivity index (χ0) is 19.1. The molecule has 7 heteroatoms. The monoisotopic (exact) mass is 417 g/mol. The van der Waals surface area contributed by atoms with E-state index in [4.69, 9.17) is 0 Å². The molecule has 136 valence electrons. The molecule has 0 aliphatic carbocycles. The molecule has 0 bridgehead atoms. The van der Waals surface area contributed by atoms with Crippen LogP contribution in [0.25, 0.3) is 0 Å². The summed E-state index contributed by atoms with van der Waals surface area (Å²) in [4.78, 5) is 35.7. The predicted octanol–water partition coefficient (Wildman–Crippen LogP) is 3.57. The van der Waals surface area contributed by atoms with Crippen molar-refractivity contribution in [2.45, 2.75) is 26.7 Å². The van der Waals surface area contributed by atoms with E-state index in [2.05, 4.69) is 32.1 Å². The Hall–Kier alpha value is -2.67. The first kappa shape index (κ1) is 19.7. The van der Waals surface area contributed by atoms with Gasteiger partial charge in [-0.05, 0) is 55.3 Å². The average Bonchev–Trinajstić information content (AvgIpc) is 2.62. The number of benzene rings is 2. The topological polar surface area (TPSA) is 87.3 Å². The van der Waals surface area contributed by atoms with Gasteiger partial charge in [0.2, 0.25) is 5.91 Å². The predicted molar refractivity (Wildman–Crippen MR) is 104 cm³/mol. The van der Waals surface area contributed by atoms with E-state index >= 15 is 0 Å². The van der Waals surface area contributed by atoms with Crippen LogP contribution in [0, 0.1) is 6.92 Å². The highest BCUT2D eigenvalue weighted by Crippen LogP contribution is 2.17. The van der Waals surface area contributed by atoms with Crippen LogP contribution in [-0.2, 0) is 4.79 Å². The highest BCUT2D eigenvalue weighted by atomic mass is 79.9. The van der Waals surface area contributed by atoms with Gasteiger partial charge in [0.05, 0.1) is 0 Å². The zero-order valence-corrected chi connectivity index (χ0v) is 16.1. The standard InChI is InChI=1S/C19H20BrN3O3/c1-3-4-17(24)21-15-9-7-13(8-10-15)18(25)22-23-19(26)14-6-5-12(2)16(20)11-14/h5-11H,3-4H2,1-2H3,(H,21,24)(H,22,25)(H,23,26). The van der Waals surface area contributed by atoms with Gasteiger partial charge in [-0.25, -0.2) is 0 Å². The van der Waals surface area contributed by atoms with Crippen molar-refractivity contribution in [3.05, 3.63) is 63.6 Å². The Morgan fingerprint density at radius 3 is 2.08 bits per heavy atom. The van der Waals surface area contributed by atoms with Crippen LogP contribution < -0.4 is 16.2 Å². The Morgan fingerprint density at radius 1 is 0.923 bits per heavy atom. The summed E-state index contributed by atoms with van der Waals surface area (Å²) >= 11 is 3.37. The maximum absolute atomic E-state index is 12.1. The molecule has 0 radical (unpaired) electrons. The summed E-state index contributed by atoms with van der Waals surface area (Å²) in [7, 11) is 0. The van der Waals surface area contributed by atoms with E-state index in [-0.39, 0.29) is 5.91 Å². The molecule has 2 aromatic carbocycles. The first-order chi connectivity index (χ1) is 12.4. The average molecular weight is 418 g/mol. The van der Waals surface area contributed by atoms with Crippen molar-refractivity contribution < 1.29 is 14.4 Å². The van der Waals surface area contributed by atoms with Gasteiger partial charge in [0.1, 0.15) is 0 Å². The number of anilines is 1. The van der Waals surface area contributed by atoms with Crippen LogP contribution >= 0.6 is 15.9 Å². The Balaban J connectivity index is 1.92. The molecular weight excluding hydrogens is 398 g/mol. The molecule has 3 N–H and O–H groups in total. The van der Waals surface area contributed by atoms with Gasteiger partial charge in [0.15, 0.2) is 0 Å². The van der Waals surface area contributed by atoms with Crippen LogP contribution in [0.1, 0.15) is 46.0 Å². The van der Waals surface area contributed by atoms with Crippen molar-refractivity contribution in [1.82, 2.24) is 10.9 Å². The second-order valence-corrected chi connectivity index (χ2v) is 6.60. The van der Waals surface area contributed by atoms with Crippen molar-refractivity contribution in [2.24, 2.45) is 0 Å². The molecule has 3 amide bonds. The number of carbonyl (C=O) groups is 3. The van der Waals surface area contributed by atoms with Crippen LogP contribution in [0.2, 0.25) is 0 Å². The quantitative estimate of drug-likeness (QED) is 0.649. The highest BCUT2D eigenvalue weighted by Gasteiger charge is 2.10. The number of rotatable bonds is 5. The lowest BCUT2D eigenvalue weighted by atomic mass is 10.1. The molecule has 2 rings (SSSR count). The molecule has 0 fully saturated rings. The fraction of sp³-hybridized carbons (Fsp3) is 0.211. The fourth-order valence-corrected chi connectivity index (χ4v) is 2.53. The van der Waals surface area contributed by atoms with E-state index in [1.165, 1.54) is 0 Å². The molecule has 0 aliphatic rings. The molecule has 0 saturated heterocycles. The van der Waals surface area contributed by atoms with Crippen molar-refractivity contribution in [2.75, 3.05) is 5.32 Å². The van der Waals surface area contributed by atoms with Gasteiger partial charge in [0.25, 0.3) is 11.8 Å². The second kappa shape index (κ2) is 9.15. The Bertz CT molecular complexity index is 819. The Labute approximate surface area is 160 Å². The Morgan fingerprint density at radius 2 is 1.50 bits per heavy atom. The third-order valence-electron chi connectivity index (χ3n) is 3.63. The Kier molecular flexibility index (Phi) is 6.91. The first-order valence-corrected chi connectivity index (χ1v) is 8.96. The van der Waals surface area contributed by atoms with Gasteiger partial charge in [-0.1, -0.05) is 28.9 Å². The van der Waals surface area contributed by atoms with Gasteiger partial charge in [-0.3, -0.25) is 25.2 Å². The van der Waals surface area contributed by atoms with E-state index in [9.17, 15) is 14.4 Å². The van der Waals surface area contributed by atoms with Gasteiger partial charge in [-0.15, -0.1) is 0 Å². The minimum Gasteiger partial charge on any atom is -0.326 e. The third kappa shape index (κ3) is 5.42. The van der Waals surface area contributed by atoms with Crippen LogP contribution in [0.3, 0.4) is 0 Å². The minimum atomic E-state index is -0.448. The molecule has 26 heavy (non-hydrogen) atoms. The van der Waals surface area contributed by atoms with Crippen molar-refractivity contribution in [1.29, 1.82) is 0 Å². The SMILES string of the molecule is CCCC(=O)Nc1ccc(C(=O)NNC(=O)c2ccc(C)c(Br)c2)cc1. The molecule has 0 aliphatic heterocycles. The maximum atomic E-state index is 12.1. The van der Waals surface area contributed by atoms with E-state index < -0.39 is 11.8 Å². The van der Waals surface area contributed by atoms with Crippen molar-refractivity contribution in [3.8, 4) is 0 Å². The summed E-state index contributed by atoms with van der Waals surface area (Å²) in [6, 6.07) is 11.6. The van der Waals surface area contributed by atoms with Crippen LogP contribution in [-0.4, -0.2) is 17.7 Å². The molecule has 6 nitrogen and oxygen atoms in total. The van der Waals surface area contributed by atoms with Crippen molar-refractivity contribution >= 4 is 39.3 Å². The number of halogens is 1. The number of nitrogens with one attached hydrogen (secondary N) is 3. The summed E-state index contributed by atoms with van der Waals surface area (Å²) in [5, 5.41) is 2.75. The highest BCUT2D eigenvalue weighted by molar-refractivity contribution is 9.10. The van der Waals surface area contributed by atoms with Crippen LogP contribution in [0.5, 0.6) is 0 Å². The third-order valence-corrected chi connectivity index (χ3v) is 4.49. The lowest BCUT2D eigenvalue weighted by Crippen LogP contribution is -2.41. The summed E-state index contributed by atoms with van der Waals surface area (Å²) in [6.07, 6.45) is 1.22. The van der Waals surface area contributed by atoms with Gasteiger partial charge in [0, 0.05) is 27.7 Å². The van der Waals surface area contributed by atoms with Crippen molar-refractivity contribution in [3.63, 3.8) is 0 Å². The number of carbonyl (C=O) groups excluding carboxylic acids is 3. The first-order valence-electron chi connectivity index (χ1n) is 8.17. The normalized spacial score (nSPS) is 10.1. The number of hydrogen-bond acceptors (Lipinski definition) is 3. The van der Waals surface area contributed by atoms with Gasteiger partial charge < -0.3 is 5.32 Å². The lowest BCUT2D eigenvalue weighted by Gasteiger charge is -2.09. The molecule has 0 heterocycles. The molecular formula is C19H20BrN3O3. The number of hydrazine groups is 1. The van der Waals surface area contributed by atoms with Crippen LogP contribution in [0.15, 0.2) is 46.9 Å². The maximum Gasteiger partial charge on any atom is 0.269 e. The summed E-state index contributed by atoms with van der Waals surface area (Å²) in [5.74, 6) is -0.931. The summed E-state index contributed by atoms with van der Waals surface area (Å²) in [5.41, 5.74) is 7.17. The number of amides is 3. The zero-order valence-electron chi connectivity index (χ0n) is 14.6. The van der Waals surface area contributed by atoms with E-state index in [1.807, 2.05) is 19.9 Å². The molecule has 0 spiro atoms. The molecule has 0 unspecified atom stereocenters. The van der Waals surface area contributed by atoms with Gasteiger partial charge in [-0.2, -0.15) is 0 Å². The fourth-order valence-electron chi connectivity index (χ4n) is 2.15. The smallest absolute Gasteiger partial charge is 0.269 e. The van der Waals surface area contributed by atoms with Gasteiger partial charge >= 0.3 is 0 Å². The lowest BCUT2D eigenvalue weighted by molar-refractivity contribution is -0.116. The minimum absolute atomic E-state index is 0.0683.